The van der Waals surface area contributed by atoms with Crippen LogP contribution in [0.2, 0.25) is 0 Å². The Morgan fingerprint density at radius 1 is 1.18 bits per heavy atom. The van der Waals surface area contributed by atoms with E-state index in [1.807, 2.05) is 6.92 Å². The Balaban J connectivity index is 3.20. The highest BCUT2D eigenvalue weighted by Gasteiger charge is 1.97. The van der Waals surface area contributed by atoms with E-state index in [4.69, 9.17) is 0 Å². The van der Waals surface area contributed by atoms with Gasteiger partial charge in [0, 0.05) is 14.7 Å². The first-order chi connectivity index (χ1) is 5.00. The first kappa shape index (κ1) is 8.27. The van der Waals surface area contributed by atoms with Gasteiger partial charge in [-0.1, -0.05) is 17.7 Å². The fourth-order valence-electron chi connectivity index (χ4n) is 0.746. The molecule has 0 saturated carbocycles. The molecule has 0 aromatic heterocycles. The quantitative estimate of drug-likeness (QED) is 0.598. The maximum absolute atomic E-state index is 10.8. The van der Waals surface area contributed by atoms with Crippen molar-refractivity contribution >= 4 is 9.84 Å². The zero-order chi connectivity index (χ0) is 8.48. The number of aryl methyl sites for hydroxylation is 1. The molecule has 11 heavy (non-hydrogen) atoms. The average Bonchev–Trinajstić information content (AvgIpc) is 1.86. The monoisotopic (exact) mass is 169 g/mol. The molecule has 1 rings (SSSR count). The third-order valence-electron chi connectivity index (χ3n) is 1.38. The highest BCUT2D eigenvalue weighted by molar-refractivity contribution is 7.92. The van der Waals surface area contributed by atoms with E-state index in [2.05, 4.69) is 6.26 Å². The normalized spacial score (nSPS) is 11.5. The van der Waals surface area contributed by atoms with Crippen LogP contribution in [0.5, 0.6) is 0 Å². The van der Waals surface area contributed by atoms with E-state index in [1.165, 1.54) is 0 Å². The van der Waals surface area contributed by atoms with Crippen LogP contribution in [0.1, 0.15) is 5.56 Å². The van der Waals surface area contributed by atoms with Gasteiger partial charge < -0.3 is 0 Å². The maximum atomic E-state index is 10.8. The largest absolute Gasteiger partial charge is 0.258 e. The van der Waals surface area contributed by atoms with E-state index in [-0.39, 0.29) is 4.90 Å². The zero-order valence-corrected chi connectivity index (χ0v) is 7.06. The van der Waals surface area contributed by atoms with E-state index in [9.17, 15) is 8.42 Å². The Bertz CT molecular complexity index is 335. The van der Waals surface area contributed by atoms with Crippen molar-refractivity contribution in [2.75, 3.05) is 0 Å². The molecule has 0 saturated heterocycles. The molecule has 0 unspecified atom stereocenters. The smallest absolute Gasteiger partial charge is 0.0493 e. The van der Waals surface area contributed by atoms with Gasteiger partial charge in [-0.25, -0.2) is 6.26 Å². The van der Waals surface area contributed by atoms with Gasteiger partial charge in [0.15, 0.2) is 0 Å². The van der Waals surface area contributed by atoms with Gasteiger partial charge in [-0.3, -0.25) is 8.42 Å². The Hall–Kier alpha value is -0.830. The summed E-state index contributed by atoms with van der Waals surface area (Å²) in [4.78, 5) is 0.267. The van der Waals surface area contributed by atoms with Crippen LogP contribution in [-0.4, -0.2) is 8.42 Å². The number of rotatable bonds is 1. The van der Waals surface area contributed by atoms with Crippen molar-refractivity contribution in [3.05, 3.63) is 36.1 Å². The van der Waals surface area contributed by atoms with Crippen LogP contribution < -0.4 is 0 Å². The molecule has 0 atom stereocenters. The highest BCUT2D eigenvalue weighted by Crippen LogP contribution is 2.09. The van der Waals surface area contributed by atoms with E-state index < -0.39 is 9.84 Å². The molecule has 0 radical (unpaired) electrons. The molecule has 0 spiro atoms. The van der Waals surface area contributed by atoms with Crippen LogP contribution in [-0.2, 0) is 9.84 Å². The summed E-state index contributed by atoms with van der Waals surface area (Å²) in [6.45, 7) is 1.90. The Kier molecular flexibility index (Phi) is 2.00. The fraction of sp³-hybridized carbons (Fsp3) is 0.125. The predicted molar refractivity (Wildman–Crippen MR) is 43.7 cm³/mol. The molecular weight excluding hydrogens is 160 g/mol. The van der Waals surface area contributed by atoms with E-state index >= 15 is 0 Å². The lowest BCUT2D eigenvalue weighted by Gasteiger charge is -2.02. The second-order valence-electron chi connectivity index (χ2n) is 2.43. The molecule has 0 aliphatic carbocycles. The summed E-state index contributed by atoms with van der Waals surface area (Å²) < 4.78 is 21.7. The second-order valence-corrected chi connectivity index (χ2v) is 4.13. The summed E-state index contributed by atoms with van der Waals surface area (Å²) in [6.07, 6.45) is 3.04. The summed E-state index contributed by atoms with van der Waals surface area (Å²) >= 11 is 0. The third-order valence-corrected chi connectivity index (χ3v) is 2.37. The molecule has 0 fully saturated rings. The van der Waals surface area contributed by atoms with Gasteiger partial charge in [-0.15, -0.1) is 0 Å². The van der Waals surface area contributed by atoms with Crippen LogP contribution in [0.15, 0.2) is 29.2 Å². The van der Waals surface area contributed by atoms with Crippen molar-refractivity contribution in [1.82, 2.24) is 0 Å². The van der Waals surface area contributed by atoms with Crippen molar-refractivity contribution in [2.45, 2.75) is 11.8 Å². The van der Waals surface area contributed by atoms with Crippen LogP contribution in [0.4, 0.5) is 0 Å². The second kappa shape index (κ2) is 2.66. The lowest BCUT2D eigenvalue weighted by atomic mass is 10.2. The molecule has 0 amide bonds. The van der Waals surface area contributed by atoms with Gasteiger partial charge in [0.05, 0.1) is 0 Å². The predicted octanol–water partition coefficient (Wildman–Crippen LogP) is 1.56. The molecule has 0 heterocycles. The van der Waals surface area contributed by atoms with Crippen molar-refractivity contribution in [1.29, 1.82) is 0 Å². The number of benzene rings is 1. The van der Waals surface area contributed by atoms with Crippen LogP contribution in [0, 0.1) is 13.2 Å². The Morgan fingerprint density at radius 2 is 1.64 bits per heavy atom. The van der Waals surface area contributed by atoms with Crippen molar-refractivity contribution in [2.24, 2.45) is 0 Å². The lowest BCUT2D eigenvalue weighted by Crippen LogP contribution is -1.93. The standard InChI is InChI=1S/C8H9O2S/c1-7-3-5-8(6-4-7)11(2,9)10/h3-6H,2H2,1H3/q-1. The molecule has 60 valence electrons. The Labute approximate surface area is 66.8 Å². The molecule has 0 aliphatic rings. The fourth-order valence-corrected chi connectivity index (χ4v) is 1.30. The highest BCUT2D eigenvalue weighted by atomic mass is 32.2. The number of sulfone groups is 1. The van der Waals surface area contributed by atoms with Crippen LogP contribution >= 0.6 is 0 Å². The van der Waals surface area contributed by atoms with Crippen LogP contribution in [0.3, 0.4) is 0 Å². The minimum Gasteiger partial charge on any atom is -0.258 e. The third kappa shape index (κ3) is 2.05. The van der Waals surface area contributed by atoms with Gasteiger partial charge in [-0.05, 0) is 19.1 Å². The van der Waals surface area contributed by atoms with E-state index in [1.54, 1.807) is 24.3 Å². The molecule has 1 aromatic carbocycles. The van der Waals surface area contributed by atoms with Gasteiger partial charge in [0.2, 0.25) is 0 Å². The van der Waals surface area contributed by atoms with E-state index in [0.29, 0.717) is 0 Å². The molecule has 0 N–H and O–H groups in total. The van der Waals surface area contributed by atoms with Gasteiger partial charge in [0.1, 0.15) is 0 Å². The summed E-state index contributed by atoms with van der Waals surface area (Å²) in [7, 11) is -3.27. The maximum Gasteiger partial charge on any atom is 0.0493 e. The van der Waals surface area contributed by atoms with Gasteiger partial charge in [-0.2, -0.15) is 0 Å². The van der Waals surface area contributed by atoms with Gasteiger partial charge in [0.25, 0.3) is 0 Å². The Morgan fingerprint density at radius 3 is 2.00 bits per heavy atom. The topological polar surface area (TPSA) is 34.1 Å². The lowest BCUT2D eigenvalue weighted by molar-refractivity contribution is 0.604. The van der Waals surface area contributed by atoms with Crippen molar-refractivity contribution in [3.8, 4) is 0 Å². The number of hydrogen-bond acceptors (Lipinski definition) is 2. The summed E-state index contributed by atoms with van der Waals surface area (Å²) in [5.74, 6) is 0. The van der Waals surface area contributed by atoms with Gasteiger partial charge >= 0.3 is 0 Å². The van der Waals surface area contributed by atoms with Crippen molar-refractivity contribution in [3.63, 3.8) is 0 Å². The summed E-state index contributed by atoms with van der Waals surface area (Å²) in [5, 5.41) is 0. The molecule has 0 aliphatic heterocycles. The molecule has 2 nitrogen and oxygen atoms in total. The first-order valence-corrected chi connectivity index (χ1v) is 4.80. The van der Waals surface area contributed by atoms with Crippen molar-refractivity contribution < 1.29 is 8.42 Å². The molecule has 3 heteroatoms. The average molecular weight is 169 g/mol. The zero-order valence-electron chi connectivity index (χ0n) is 6.24. The summed E-state index contributed by atoms with van der Waals surface area (Å²) in [6, 6.07) is 6.60. The molecule has 1 aromatic rings. The van der Waals surface area contributed by atoms with E-state index in [0.717, 1.165) is 5.56 Å². The molecule has 0 bridgehead atoms. The first-order valence-electron chi connectivity index (χ1n) is 3.15. The van der Waals surface area contributed by atoms with Crippen LogP contribution in [0.25, 0.3) is 0 Å². The minimum absolute atomic E-state index is 0.267. The molecular formula is C8H9O2S-. The minimum atomic E-state index is -3.27. The number of hydrogen-bond donors (Lipinski definition) is 0. The summed E-state index contributed by atoms with van der Waals surface area (Å²) in [5.41, 5.74) is 1.04. The SMILES string of the molecule is [CH2-]S(=O)(=O)c1ccc(C)cc1.